The summed E-state index contributed by atoms with van der Waals surface area (Å²) in [5.41, 5.74) is 3.79. The normalized spacial score (nSPS) is 15.7. The van der Waals surface area contributed by atoms with Crippen molar-refractivity contribution in [1.29, 1.82) is 0 Å². The van der Waals surface area contributed by atoms with Crippen LogP contribution in [0.5, 0.6) is 5.75 Å². The van der Waals surface area contributed by atoms with Gasteiger partial charge in [-0.3, -0.25) is 9.97 Å². The third kappa shape index (κ3) is 7.95. The molecule has 1 fully saturated rings. The first-order chi connectivity index (χ1) is 20.2. The molecule has 1 atom stereocenters. The summed E-state index contributed by atoms with van der Waals surface area (Å²) in [4.78, 5) is 26.3. The van der Waals surface area contributed by atoms with Crippen molar-refractivity contribution in [2.45, 2.75) is 66.1 Å². The van der Waals surface area contributed by atoms with Crippen LogP contribution in [0.3, 0.4) is 0 Å². The van der Waals surface area contributed by atoms with Crippen molar-refractivity contribution in [1.82, 2.24) is 9.97 Å². The Morgan fingerprint density at radius 1 is 1.16 bits per heavy atom. The summed E-state index contributed by atoms with van der Waals surface area (Å²) in [6.07, 6.45) is 4.30. The van der Waals surface area contributed by atoms with Crippen LogP contribution in [0, 0.1) is 18.2 Å². The minimum absolute atomic E-state index is 0.0393. The molecule has 0 radical (unpaired) electrons. The lowest BCUT2D eigenvalue weighted by molar-refractivity contribution is -0.160. The maximum Gasteiger partial charge on any atom is 0.337 e. The number of halogens is 2. The fourth-order valence-corrected chi connectivity index (χ4v) is 5.40. The summed E-state index contributed by atoms with van der Waals surface area (Å²) < 4.78 is 25.8. The average molecular weight is 613 g/mol. The molecular formula is C33H42ClFN4O4. The van der Waals surface area contributed by atoms with E-state index >= 15 is 0 Å². The van der Waals surface area contributed by atoms with E-state index in [4.69, 9.17) is 26.1 Å². The number of nitrogens with zero attached hydrogens (tertiary/aromatic N) is 4. The lowest BCUT2D eigenvalue weighted by Gasteiger charge is -2.40. The molecule has 3 heterocycles. The van der Waals surface area contributed by atoms with E-state index in [-0.39, 0.29) is 22.8 Å². The third-order valence-electron chi connectivity index (χ3n) is 7.74. The Morgan fingerprint density at radius 3 is 2.44 bits per heavy atom. The Morgan fingerprint density at radius 2 is 1.86 bits per heavy atom. The Kier molecular flexibility index (Phi) is 9.86. The Labute approximate surface area is 258 Å². The van der Waals surface area contributed by atoms with E-state index in [9.17, 15) is 14.3 Å². The SMILES string of the molecule is Cc1ncc(-c2ccc(N(C)CCOc3c(F)cccc3Cl)cn2)c(N2CCC(C)(C)CC2)c1[C@H](OC(C)(C)C)C(=O)O. The number of aryl methyl sites for hydroxylation is 1. The Balaban J connectivity index is 1.65. The molecule has 10 heteroatoms. The van der Waals surface area contributed by atoms with Gasteiger partial charge < -0.3 is 24.4 Å². The van der Waals surface area contributed by atoms with Gasteiger partial charge in [-0.15, -0.1) is 0 Å². The van der Waals surface area contributed by atoms with E-state index in [1.54, 1.807) is 18.5 Å². The molecule has 8 nitrogen and oxygen atoms in total. The first kappa shape index (κ1) is 32.5. The van der Waals surface area contributed by atoms with Gasteiger partial charge in [-0.1, -0.05) is 31.5 Å². The molecule has 0 saturated carbocycles. The number of pyridine rings is 2. The number of hydrogen-bond donors (Lipinski definition) is 1. The standard InChI is InChI=1S/C33H42ClFN4O4/c1-21-27(30(31(40)41)43-32(2,3)4)28(39-15-13-33(5,6)14-16-39)23(20-36-21)26-12-11-22(19-37-26)38(7)17-18-42-29-24(34)9-8-10-25(29)35/h8-12,19-20,30H,13-18H2,1-7H3,(H,40,41)/t30-/m0/s1. The van der Waals surface area contributed by atoms with Crippen LogP contribution in [0.2, 0.25) is 5.02 Å². The number of aromatic nitrogens is 2. The van der Waals surface area contributed by atoms with Crippen LogP contribution < -0.4 is 14.5 Å². The van der Waals surface area contributed by atoms with E-state index in [2.05, 4.69) is 23.7 Å². The van der Waals surface area contributed by atoms with Crippen LogP contribution in [0.1, 0.15) is 64.8 Å². The fraction of sp³-hybridized carbons (Fsp3) is 0.485. The van der Waals surface area contributed by atoms with Gasteiger partial charge in [0.15, 0.2) is 17.7 Å². The van der Waals surface area contributed by atoms with Gasteiger partial charge in [0.2, 0.25) is 0 Å². The maximum absolute atomic E-state index is 14.1. The van der Waals surface area contributed by atoms with Crippen LogP contribution in [-0.2, 0) is 9.53 Å². The van der Waals surface area contributed by atoms with Crippen LogP contribution in [0.15, 0.2) is 42.7 Å². The van der Waals surface area contributed by atoms with E-state index in [1.165, 1.54) is 12.1 Å². The van der Waals surface area contributed by atoms with Gasteiger partial charge in [0.1, 0.15) is 6.61 Å². The molecular weight excluding hydrogens is 571 g/mol. The lowest BCUT2D eigenvalue weighted by atomic mass is 9.82. The molecule has 3 aromatic rings. The van der Waals surface area contributed by atoms with E-state index < -0.39 is 23.5 Å². The van der Waals surface area contributed by atoms with Crippen LogP contribution >= 0.6 is 11.6 Å². The van der Waals surface area contributed by atoms with Crippen LogP contribution in [0.4, 0.5) is 15.8 Å². The molecule has 232 valence electrons. The summed E-state index contributed by atoms with van der Waals surface area (Å²) in [5, 5.41) is 10.6. The zero-order valence-electron chi connectivity index (χ0n) is 26.1. The minimum atomic E-state index is -1.19. The van der Waals surface area contributed by atoms with Crippen molar-refractivity contribution in [3.8, 4) is 17.0 Å². The third-order valence-corrected chi connectivity index (χ3v) is 8.03. The van der Waals surface area contributed by atoms with Gasteiger partial charge in [-0.05, 0) is 70.2 Å². The first-order valence-electron chi connectivity index (χ1n) is 14.6. The summed E-state index contributed by atoms with van der Waals surface area (Å²) in [5.74, 6) is -1.52. The number of piperidine rings is 1. The molecule has 1 N–H and O–H groups in total. The van der Waals surface area contributed by atoms with Crippen molar-refractivity contribution in [3.05, 3.63) is 64.8 Å². The molecule has 0 bridgehead atoms. The van der Waals surface area contributed by atoms with Crippen LogP contribution in [0.25, 0.3) is 11.3 Å². The number of ether oxygens (including phenoxy) is 2. The highest BCUT2D eigenvalue weighted by Crippen LogP contribution is 2.43. The maximum atomic E-state index is 14.1. The van der Waals surface area contributed by atoms with Crippen molar-refractivity contribution in [3.63, 3.8) is 0 Å². The van der Waals surface area contributed by atoms with Gasteiger partial charge in [-0.2, -0.15) is 0 Å². The number of hydrogen-bond acceptors (Lipinski definition) is 7. The number of anilines is 2. The number of para-hydroxylation sites is 1. The van der Waals surface area contributed by atoms with Crippen molar-refractivity contribution >= 4 is 28.9 Å². The zero-order chi connectivity index (χ0) is 31.5. The number of carboxylic acids is 1. The summed E-state index contributed by atoms with van der Waals surface area (Å²) in [6, 6.07) is 8.29. The fourth-order valence-electron chi connectivity index (χ4n) is 5.18. The second-order valence-electron chi connectivity index (χ2n) is 12.8. The monoisotopic (exact) mass is 612 g/mol. The van der Waals surface area contributed by atoms with Gasteiger partial charge in [-0.25, -0.2) is 9.18 Å². The van der Waals surface area contributed by atoms with Gasteiger partial charge in [0.25, 0.3) is 0 Å². The van der Waals surface area contributed by atoms with Crippen molar-refractivity contribution < 1.29 is 23.8 Å². The highest BCUT2D eigenvalue weighted by molar-refractivity contribution is 6.32. The number of rotatable bonds is 10. The molecule has 0 aliphatic carbocycles. The van der Waals surface area contributed by atoms with Gasteiger partial charge >= 0.3 is 5.97 Å². The molecule has 1 saturated heterocycles. The highest BCUT2D eigenvalue weighted by atomic mass is 35.5. The first-order valence-corrected chi connectivity index (χ1v) is 14.9. The number of carboxylic acid groups (broad SMARTS) is 1. The average Bonchev–Trinajstić information content (AvgIpc) is 2.93. The smallest absolute Gasteiger partial charge is 0.337 e. The largest absolute Gasteiger partial charge is 0.487 e. The summed E-state index contributed by atoms with van der Waals surface area (Å²) in [7, 11) is 1.90. The molecule has 4 rings (SSSR count). The molecule has 0 amide bonds. The van der Waals surface area contributed by atoms with Crippen molar-refractivity contribution in [2.24, 2.45) is 5.41 Å². The molecule has 0 spiro atoms. The molecule has 1 aliphatic heterocycles. The Hall–Kier alpha value is -3.43. The number of aliphatic carboxylic acids is 1. The predicted octanol–water partition coefficient (Wildman–Crippen LogP) is 7.33. The topological polar surface area (TPSA) is 88.0 Å². The summed E-state index contributed by atoms with van der Waals surface area (Å²) in [6.45, 7) is 14.2. The minimum Gasteiger partial charge on any atom is -0.487 e. The lowest BCUT2D eigenvalue weighted by Crippen LogP contribution is -2.39. The highest BCUT2D eigenvalue weighted by Gasteiger charge is 2.36. The quantitative estimate of drug-likeness (QED) is 0.255. The van der Waals surface area contributed by atoms with E-state index in [0.29, 0.717) is 23.5 Å². The van der Waals surface area contributed by atoms with Crippen molar-refractivity contribution in [2.75, 3.05) is 43.1 Å². The summed E-state index contributed by atoms with van der Waals surface area (Å²) >= 11 is 6.07. The second-order valence-corrected chi connectivity index (χ2v) is 13.2. The Bertz CT molecular complexity index is 1410. The second kappa shape index (κ2) is 13.1. The molecule has 43 heavy (non-hydrogen) atoms. The van der Waals surface area contributed by atoms with Gasteiger partial charge in [0.05, 0.1) is 40.4 Å². The van der Waals surface area contributed by atoms with E-state index in [0.717, 1.165) is 42.9 Å². The zero-order valence-corrected chi connectivity index (χ0v) is 26.8. The van der Waals surface area contributed by atoms with E-state index in [1.807, 2.05) is 51.8 Å². The molecule has 1 aliphatic rings. The number of benzene rings is 1. The predicted molar refractivity (Wildman–Crippen MR) is 169 cm³/mol. The molecule has 0 unspecified atom stereocenters. The molecule has 1 aromatic carbocycles. The molecule has 2 aromatic heterocycles. The van der Waals surface area contributed by atoms with Crippen LogP contribution in [-0.4, -0.2) is 59.9 Å². The number of likely N-dealkylation sites (N-methyl/N-ethyl adjacent to an activating group) is 1. The number of carbonyl (C=O) groups is 1. The van der Waals surface area contributed by atoms with Gasteiger partial charge in [0, 0.05) is 43.2 Å².